The van der Waals surface area contributed by atoms with Crippen molar-refractivity contribution in [2.45, 2.75) is 47.5 Å². The van der Waals surface area contributed by atoms with E-state index in [0.29, 0.717) is 5.92 Å². The fourth-order valence-corrected chi connectivity index (χ4v) is 2.52. The summed E-state index contributed by atoms with van der Waals surface area (Å²) in [4.78, 5) is 0. The molecule has 0 aliphatic carbocycles. The van der Waals surface area contributed by atoms with E-state index in [1.165, 1.54) is 6.42 Å². The molecule has 0 aliphatic heterocycles. The molecule has 4 nitrogen and oxygen atoms in total. The van der Waals surface area contributed by atoms with E-state index in [4.69, 9.17) is 18.9 Å². The van der Waals surface area contributed by atoms with Gasteiger partial charge >= 0.3 is 0 Å². The molecule has 4 heteroatoms. The van der Waals surface area contributed by atoms with Crippen LogP contribution in [0.3, 0.4) is 0 Å². The van der Waals surface area contributed by atoms with E-state index in [0.717, 1.165) is 32.8 Å². The first-order valence-electron chi connectivity index (χ1n) is 8.21. The largest absolute Gasteiger partial charge is 0.384 e. The second-order valence-corrected chi connectivity index (χ2v) is 7.10. The van der Waals surface area contributed by atoms with Crippen LogP contribution in [0.2, 0.25) is 0 Å². The maximum absolute atomic E-state index is 5.14. The van der Waals surface area contributed by atoms with Crippen molar-refractivity contribution in [2.24, 2.45) is 16.7 Å². The Morgan fingerprint density at radius 2 is 1.09 bits per heavy atom. The zero-order chi connectivity index (χ0) is 17.6. The van der Waals surface area contributed by atoms with Crippen molar-refractivity contribution >= 4 is 0 Å². The summed E-state index contributed by atoms with van der Waals surface area (Å²) in [5.74, 6) is 0.586. The summed E-state index contributed by atoms with van der Waals surface area (Å²) in [7, 11) is 6.94. The zero-order valence-electron chi connectivity index (χ0n) is 16.5. The Morgan fingerprint density at radius 1 is 0.727 bits per heavy atom. The smallest absolute Gasteiger partial charge is 0.0540 e. The molecule has 0 rings (SSSR count). The normalized spacial score (nSPS) is 12.3. The molecule has 0 bridgehead atoms. The molecule has 22 heavy (non-hydrogen) atoms. The van der Waals surface area contributed by atoms with Gasteiger partial charge in [0.1, 0.15) is 0 Å². The summed E-state index contributed by atoms with van der Waals surface area (Å²) in [6.45, 7) is 14.0. The van der Waals surface area contributed by atoms with E-state index in [-0.39, 0.29) is 10.8 Å². The van der Waals surface area contributed by atoms with Crippen molar-refractivity contribution in [3.63, 3.8) is 0 Å². The maximum Gasteiger partial charge on any atom is 0.0540 e. The summed E-state index contributed by atoms with van der Waals surface area (Å²) in [6, 6.07) is 0. The molecule has 0 heterocycles. The molecule has 0 fully saturated rings. The van der Waals surface area contributed by atoms with Crippen molar-refractivity contribution < 1.29 is 18.9 Å². The van der Waals surface area contributed by atoms with Crippen LogP contribution in [0.5, 0.6) is 0 Å². The van der Waals surface area contributed by atoms with Gasteiger partial charge in [0.2, 0.25) is 0 Å². The van der Waals surface area contributed by atoms with Gasteiger partial charge in [0, 0.05) is 39.3 Å². The molecule has 0 N–H and O–H groups in total. The van der Waals surface area contributed by atoms with Crippen LogP contribution in [0, 0.1) is 16.7 Å². The van der Waals surface area contributed by atoms with Gasteiger partial charge in [0.25, 0.3) is 0 Å². The summed E-state index contributed by atoms with van der Waals surface area (Å²) < 4.78 is 20.5. The molecule has 0 aromatic rings. The second kappa shape index (κ2) is 13.3. The monoisotopic (exact) mass is 320 g/mol. The summed E-state index contributed by atoms with van der Waals surface area (Å²) in [6.07, 6.45) is 2.35. The number of rotatable bonds is 11. The summed E-state index contributed by atoms with van der Waals surface area (Å²) in [5, 5.41) is 0. The average Bonchev–Trinajstić information content (AvgIpc) is 2.40. The van der Waals surface area contributed by atoms with Gasteiger partial charge in [0.05, 0.1) is 26.4 Å². The van der Waals surface area contributed by atoms with Gasteiger partial charge in [-0.25, -0.2) is 0 Å². The summed E-state index contributed by atoms with van der Waals surface area (Å²) >= 11 is 0. The Labute approximate surface area is 138 Å². The quantitative estimate of drug-likeness (QED) is 0.576. The van der Waals surface area contributed by atoms with Crippen LogP contribution in [-0.4, -0.2) is 54.9 Å². The fourth-order valence-electron chi connectivity index (χ4n) is 2.52. The van der Waals surface area contributed by atoms with Crippen LogP contribution in [0.4, 0.5) is 0 Å². The minimum Gasteiger partial charge on any atom is -0.384 e. The van der Waals surface area contributed by atoms with Crippen molar-refractivity contribution in [2.75, 3.05) is 54.9 Å². The molecular formula is C18H40O4. The van der Waals surface area contributed by atoms with Crippen molar-refractivity contribution in [3.05, 3.63) is 0 Å². The number of hydrogen-bond donors (Lipinski definition) is 0. The van der Waals surface area contributed by atoms with Crippen molar-refractivity contribution in [1.82, 2.24) is 0 Å². The number of ether oxygens (including phenoxy) is 4. The molecule has 0 aromatic heterocycles. The second-order valence-electron chi connectivity index (χ2n) is 7.10. The zero-order valence-corrected chi connectivity index (χ0v) is 16.5. The van der Waals surface area contributed by atoms with E-state index in [2.05, 4.69) is 34.6 Å². The third-order valence-electron chi connectivity index (χ3n) is 4.18. The van der Waals surface area contributed by atoms with Gasteiger partial charge in [-0.3, -0.25) is 0 Å². The number of hydrogen-bond acceptors (Lipinski definition) is 4. The lowest BCUT2D eigenvalue weighted by molar-refractivity contribution is -0.00728. The van der Waals surface area contributed by atoms with E-state index in [9.17, 15) is 0 Å². The van der Waals surface area contributed by atoms with E-state index < -0.39 is 0 Å². The highest BCUT2D eigenvalue weighted by atomic mass is 16.5. The Kier molecular flexibility index (Phi) is 14.6. The first-order valence-corrected chi connectivity index (χ1v) is 8.21. The average molecular weight is 321 g/mol. The minimum absolute atomic E-state index is 0.156. The molecule has 0 aromatic carbocycles. The van der Waals surface area contributed by atoms with Gasteiger partial charge in [0.15, 0.2) is 0 Å². The van der Waals surface area contributed by atoms with Crippen molar-refractivity contribution in [3.8, 4) is 0 Å². The van der Waals surface area contributed by atoms with Crippen LogP contribution >= 0.6 is 0 Å². The molecule has 0 spiro atoms. The molecule has 0 aliphatic rings. The maximum atomic E-state index is 5.14. The summed E-state index contributed by atoms with van der Waals surface area (Å²) in [5.41, 5.74) is 0.363. The third kappa shape index (κ3) is 10.5. The van der Waals surface area contributed by atoms with Gasteiger partial charge in [-0.1, -0.05) is 41.0 Å². The van der Waals surface area contributed by atoms with E-state index in [1.807, 2.05) is 0 Å². The molecule has 0 radical (unpaired) electrons. The number of methoxy groups -OCH3 is 4. The van der Waals surface area contributed by atoms with Crippen LogP contribution < -0.4 is 0 Å². The van der Waals surface area contributed by atoms with Gasteiger partial charge in [-0.05, 0) is 12.3 Å². The Balaban J connectivity index is 0. The van der Waals surface area contributed by atoms with Crippen molar-refractivity contribution in [1.29, 1.82) is 0 Å². The Morgan fingerprint density at radius 3 is 1.32 bits per heavy atom. The highest BCUT2D eigenvalue weighted by Gasteiger charge is 2.28. The van der Waals surface area contributed by atoms with Gasteiger partial charge in [-0.2, -0.15) is 0 Å². The van der Waals surface area contributed by atoms with E-state index in [1.54, 1.807) is 28.4 Å². The fraction of sp³-hybridized carbons (Fsp3) is 1.00. The molecule has 0 atom stereocenters. The minimum atomic E-state index is 0.156. The first kappa shape index (κ1) is 24.1. The third-order valence-corrected chi connectivity index (χ3v) is 4.18. The van der Waals surface area contributed by atoms with Crippen LogP contribution in [-0.2, 0) is 18.9 Å². The lowest BCUT2D eigenvalue weighted by Gasteiger charge is -2.31. The van der Waals surface area contributed by atoms with Crippen LogP contribution in [0.25, 0.3) is 0 Å². The molecule has 0 saturated carbocycles. The Bertz CT molecular complexity index is 218. The Hall–Kier alpha value is -0.160. The highest BCUT2D eigenvalue weighted by molar-refractivity contribution is 4.76. The predicted molar refractivity (Wildman–Crippen MR) is 93.5 cm³/mol. The molecule has 0 amide bonds. The lowest BCUT2D eigenvalue weighted by atomic mass is 9.81. The first-order chi connectivity index (χ1) is 10.2. The predicted octanol–water partition coefficient (Wildman–Crippen LogP) is 4.03. The topological polar surface area (TPSA) is 36.9 Å². The molecular weight excluding hydrogens is 280 g/mol. The standard InChI is InChI=1S/2C9H20O2/c1-8(2)9(3,6-10-4)7-11-5;1-5-6-9(2,7-10-3)8-11-4/h8H,6-7H2,1-5H3;5-8H2,1-4H3. The van der Waals surface area contributed by atoms with Gasteiger partial charge < -0.3 is 18.9 Å². The highest BCUT2D eigenvalue weighted by Crippen LogP contribution is 2.27. The molecule has 0 unspecified atom stereocenters. The SMILES string of the molecule is CCCC(C)(COC)COC.COCC(C)(COC)C(C)C. The van der Waals surface area contributed by atoms with E-state index >= 15 is 0 Å². The lowest BCUT2D eigenvalue weighted by Crippen LogP contribution is -2.33. The van der Waals surface area contributed by atoms with Gasteiger partial charge in [-0.15, -0.1) is 0 Å². The van der Waals surface area contributed by atoms with Crippen LogP contribution in [0.15, 0.2) is 0 Å². The molecule has 0 saturated heterocycles. The molecule has 136 valence electrons. The van der Waals surface area contributed by atoms with Crippen LogP contribution in [0.1, 0.15) is 47.5 Å².